The van der Waals surface area contributed by atoms with E-state index in [0.717, 1.165) is 0 Å². The normalized spacial score (nSPS) is 51.4. The topological polar surface area (TPSA) is 269 Å². The van der Waals surface area contributed by atoms with Gasteiger partial charge in [-0.3, -0.25) is 0 Å². The molecule has 0 saturated carbocycles. The largest absolute Gasteiger partial charge is 0.394 e. The summed E-state index contributed by atoms with van der Waals surface area (Å²) in [5.74, 6) is -7.37. The molecule has 3 saturated heterocycles. The molecule has 34 heavy (non-hydrogen) atoms. The van der Waals surface area contributed by atoms with Gasteiger partial charge in [0.2, 0.25) is 17.4 Å². The lowest BCUT2D eigenvalue weighted by Crippen LogP contribution is -2.57. The fourth-order valence-corrected chi connectivity index (χ4v) is 4.17. The van der Waals surface area contributed by atoms with E-state index >= 15 is 0 Å². The van der Waals surface area contributed by atoms with Crippen molar-refractivity contribution in [3.8, 4) is 0 Å². The van der Waals surface area contributed by atoms with Crippen molar-refractivity contribution < 1.29 is 79.9 Å². The minimum atomic E-state index is -2.61. The van der Waals surface area contributed by atoms with Crippen molar-refractivity contribution in [2.45, 2.75) is 72.3 Å². The van der Waals surface area contributed by atoms with Crippen LogP contribution < -0.4 is 0 Å². The van der Waals surface area contributed by atoms with Gasteiger partial charge in [-0.05, 0) is 0 Å². The molecule has 0 aromatic rings. The molecular weight excluding hydrogens is 472 g/mol. The van der Waals surface area contributed by atoms with Crippen LogP contribution in [0.5, 0.6) is 0 Å². The predicted octanol–water partition coefficient (Wildman–Crippen LogP) is -7.57. The summed E-state index contributed by atoms with van der Waals surface area (Å²) in [6, 6.07) is 0. The van der Waals surface area contributed by atoms with E-state index in [1.54, 1.807) is 0 Å². The highest BCUT2D eigenvalue weighted by Gasteiger charge is 2.62. The Balaban J connectivity index is 1.82. The molecule has 0 aromatic heterocycles. The Kier molecular flexibility index (Phi) is 8.53. The third kappa shape index (κ3) is 4.59. The van der Waals surface area contributed by atoms with E-state index in [-0.39, 0.29) is 0 Å². The van der Waals surface area contributed by atoms with E-state index in [1.807, 2.05) is 0 Å². The monoisotopic (exact) mass is 504 g/mol. The first kappa shape index (κ1) is 27.9. The summed E-state index contributed by atoms with van der Waals surface area (Å²) < 4.78 is 26.6. The molecule has 0 aliphatic carbocycles. The lowest BCUT2D eigenvalue weighted by Gasteiger charge is -2.38. The van der Waals surface area contributed by atoms with Crippen molar-refractivity contribution in [2.24, 2.45) is 0 Å². The van der Waals surface area contributed by atoms with E-state index in [4.69, 9.17) is 23.7 Å². The van der Waals surface area contributed by atoms with Crippen LogP contribution in [0.15, 0.2) is 0 Å². The molecule has 3 heterocycles. The smallest absolute Gasteiger partial charge is 0.222 e. The van der Waals surface area contributed by atoms with Crippen LogP contribution >= 0.6 is 0 Å². The number of aliphatic hydroxyl groups excluding tert-OH is 10. The van der Waals surface area contributed by atoms with Crippen LogP contribution in [-0.2, 0) is 23.7 Å². The zero-order valence-electron chi connectivity index (χ0n) is 17.9. The molecule has 3 fully saturated rings. The zero-order valence-corrected chi connectivity index (χ0v) is 17.9. The van der Waals surface area contributed by atoms with E-state index < -0.39 is 112 Å². The van der Waals surface area contributed by atoms with Crippen molar-refractivity contribution >= 4 is 0 Å². The van der Waals surface area contributed by atoms with Gasteiger partial charge in [0.1, 0.15) is 74.8 Å². The van der Waals surface area contributed by atoms with Crippen molar-refractivity contribution in [3.05, 3.63) is 0 Å². The van der Waals surface area contributed by atoms with Crippen LogP contribution in [0.3, 0.4) is 0 Å². The average molecular weight is 504 g/mol. The highest BCUT2D eigenvalue weighted by atomic mass is 16.8. The molecular formula is C18H32O16. The summed E-state index contributed by atoms with van der Waals surface area (Å²) in [5.41, 5.74) is 0. The van der Waals surface area contributed by atoms with Crippen LogP contribution in [0.4, 0.5) is 0 Å². The zero-order chi connectivity index (χ0) is 25.5. The second kappa shape index (κ2) is 10.4. The van der Waals surface area contributed by atoms with Crippen molar-refractivity contribution in [3.63, 3.8) is 0 Å². The van der Waals surface area contributed by atoms with Crippen LogP contribution in [0.2, 0.25) is 0 Å². The number of hydrogen-bond acceptors (Lipinski definition) is 16. The van der Waals surface area contributed by atoms with Crippen LogP contribution in [0.1, 0.15) is 0 Å². The molecule has 3 rings (SSSR count). The second-order valence-electron chi connectivity index (χ2n) is 8.53. The number of ether oxygens (including phenoxy) is 5. The summed E-state index contributed by atoms with van der Waals surface area (Å²) in [4.78, 5) is 0. The summed E-state index contributed by atoms with van der Waals surface area (Å²) in [6.45, 7) is -5.33. The maximum atomic E-state index is 10.6. The highest BCUT2D eigenvalue weighted by Crippen LogP contribution is 2.39. The van der Waals surface area contributed by atoms with E-state index in [9.17, 15) is 56.2 Å². The molecule has 1 unspecified atom stereocenters. The van der Waals surface area contributed by atoms with Gasteiger partial charge in [0.15, 0.2) is 0 Å². The first-order valence-corrected chi connectivity index (χ1v) is 10.5. The Labute approximate surface area is 192 Å². The average Bonchev–Trinajstić information content (AvgIpc) is 3.33. The Morgan fingerprint density at radius 3 is 1.41 bits per heavy atom. The summed E-state index contributed by atoms with van der Waals surface area (Å²) in [6.07, 6.45) is -15.1. The van der Waals surface area contributed by atoms with Crippen molar-refractivity contribution in [1.82, 2.24) is 0 Å². The van der Waals surface area contributed by atoms with E-state index in [0.29, 0.717) is 0 Å². The van der Waals surface area contributed by atoms with Gasteiger partial charge in [-0.25, -0.2) is 0 Å². The van der Waals surface area contributed by atoms with Gasteiger partial charge in [-0.1, -0.05) is 0 Å². The lowest BCUT2D eigenvalue weighted by atomic mass is 10.0. The van der Waals surface area contributed by atoms with Gasteiger partial charge in [0.25, 0.3) is 0 Å². The summed E-state index contributed by atoms with van der Waals surface area (Å²) in [5, 5.41) is 109. The molecule has 3 aliphatic rings. The van der Waals surface area contributed by atoms with Gasteiger partial charge < -0.3 is 79.9 Å². The number of hydrogen-bond donors (Lipinski definition) is 11. The van der Waals surface area contributed by atoms with Crippen LogP contribution in [0, 0.1) is 0 Å². The van der Waals surface area contributed by atoms with Gasteiger partial charge in [-0.15, -0.1) is 0 Å². The van der Waals surface area contributed by atoms with Gasteiger partial charge >= 0.3 is 0 Å². The Morgan fingerprint density at radius 1 is 0.559 bits per heavy atom. The number of aliphatic hydroxyl groups is 11. The predicted molar refractivity (Wildman–Crippen MR) is 101 cm³/mol. The highest BCUT2D eigenvalue weighted by molar-refractivity contribution is 5.02. The van der Waals surface area contributed by atoms with Crippen LogP contribution in [-0.4, -0.2) is 168 Å². The maximum Gasteiger partial charge on any atom is 0.222 e. The molecule has 0 amide bonds. The maximum absolute atomic E-state index is 10.6. The van der Waals surface area contributed by atoms with Gasteiger partial charge in [0, 0.05) is 0 Å². The molecule has 200 valence electrons. The fraction of sp³-hybridized carbons (Fsp3) is 1.00. The lowest BCUT2D eigenvalue weighted by molar-refractivity contribution is -0.359. The first-order valence-electron chi connectivity index (χ1n) is 10.5. The summed E-state index contributed by atoms with van der Waals surface area (Å²) >= 11 is 0. The molecule has 0 aromatic carbocycles. The van der Waals surface area contributed by atoms with Crippen LogP contribution in [0.25, 0.3) is 0 Å². The molecule has 0 bridgehead atoms. The number of rotatable bonds is 10. The third-order valence-electron chi connectivity index (χ3n) is 6.34. The Hall–Kier alpha value is -0.640. The fourth-order valence-electron chi connectivity index (χ4n) is 4.17. The molecule has 16 nitrogen and oxygen atoms in total. The first-order chi connectivity index (χ1) is 15.9. The van der Waals surface area contributed by atoms with Crippen molar-refractivity contribution in [2.75, 3.05) is 39.6 Å². The Morgan fingerprint density at radius 2 is 0.971 bits per heavy atom. The third-order valence-corrected chi connectivity index (χ3v) is 6.34. The molecule has 16 heteroatoms. The quantitative estimate of drug-likeness (QED) is 0.132. The van der Waals surface area contributed by atoms with Crippen molar-refractivity contribution in [1.29, 1.82) is 0 Å². The molecule has 12 atom stereocenters. The van der Waals surface area contributed by atoms with E-state index in [1.165, 1.54) is 0 Å². The molecule has 0 spiro atoms. The SMILES string of the molecule is OC[C@H]1OC(O)(CO[C@]2(CO[C@]3(CO)O[C@H](CO)[C@@H](O)[C@@H]3O)O[C@H](CO)[C@@H](O)[C@@H]2O)[C@@H](O)[C@@H]1O. The standard InChI is InChI=1S/C18H32O16/c19-1-7-10(23)13(26)16(29,32-7)5-30-18(15(28)12(25)9(3-21)34-18)6-31-17(4-22)14(27)11(24)8(2-20)33-17/h7-15,19-29H,1-6H2/t7-,8-,9-,10-,11-,12-,13+,14+,15+,16?,17-,18-/m1/s1. The van der Waals surface area contributed by atoms with E-state index in [2.05, 4.69) is 0 Å². The minimum absolute atomic E-state index is 0.744. The molecule has 0 radical (unpaired) electrons. The molecule has 11 N–H and O–H groups in total. The van der Waals surface area contributed by atoms with Gasteiger partial charge in [0.05, 0.1) is 19.8 Å². The molecule has 3 aliphatic heterocycles. The Bertz CT molecular complexity index is 684. The minimum Gasteiger partial charge on any atom is -0.394 e. The van der Waals surface area contributed by atoms with Gasteiger partial charge in [-0.2, -0.15) is 0 Å². The second-order valence-corrected chi connectivity index (χ2v) is 8.53. The summed E-state index contributed by atoms with van der Waals surface area (Å²) in [7, 11) is 0.